The Kier molecular flexibility index (Phi) is 6.67. The lowest BCUT2D eigenvalue weighted by atomic mass is 10.0. The zero-order valence-corrected chi connectivity index (χ0v) is 19.1. The number of nitrogens with zero attached hydrogens (tertiary/aromatic N) is 5. The number of rotatable bonds is 5. The number of primary amides is 1. The van der Waals surface area contributed by atoms with Gasteiger partial charge < -0.3 is 16.0 Å². The number of nitrogens with one attached hydrogen (secondary N) is 1. The van der Waals surface area contributed by atoms with Gasteiger partial charge in [-0.1, -0.05) is 11.6 Å². The van der Waals surface area contributed by atoms with Gasteiger partial charge in [-0.05, 0) is 48.9 Å². The molecule has 4 rings (SSSR count). The van der Waals surface area contributed by atoms with Gasteiger partial charge in [-0.2, -0.15) is 15.6 Å². The molecule has 3 N–H and O–H groups in total. The number of anilines is 1. The van der Waals surface area contributed by atoms with Crippen LogP contribution in [0.4, 0.5) is 14.9 Å². The number of carbonyl (C=O) groups excluding carboxylic acids is 2. The van der Waals surface area contributed by atoms with Crippen LogP contribution in [0.1, 0.15) is 40.5 Å². The highest BCUT2D eigenvalue weighted by Crippen LogP contribution is 2.34. The first-order valence-corrected chi connectivity index (χ1v) is 11.0. The summed E-state index contributed by atoms with van der Waals surface area (Å²) in [5.41, 5.74) is 7.81. The minimum atomic E-state index is -0.755. The van der Waals surface area contributed by atoms with Crippen molar-refractivity contribution in [3.05, 3.63) is 70.1 Å². The molecule has 1 atom stereocenters. The Morgan fingerprint density at radius 3 is 2.60 bits per heavy atom. The van der Waals surface area contributed by atoms with Gasteiger partial charge in [0.15, 0.2) is 0 Å². The van der Waals surface area contributed by atoms with Crippen molar-refractivity contribution in [1.82, 2.24) is 14.7 Å². The summed E-state index contributed by atoms with van der Waals surface area (Å²) in [7, 11) is 0. The van der Waals surface area contributed by atoms with E-state index in [0.717, 1.165) is 0 Å². The molecule has 176 valence electrons. The van der Waals surface area contributed by atoms with Crippen LogP contribution in [0.3, 0.4) is 0 Å². The number of halogens is 2. The first kappa shape index (κ1) is 23.7. The highest BCUT2D eigenvalue weighted by atomic mass is 35.5. The number of hydrogen-bond donors (Lipinski definition) is 2. The summed E-state index contributed by atoms with van der Waals surface area (Å²) in [6.45, 7) is 0.269. The van der Waals surface area contributed by atoms with Crippen LogP contribution < -0.4 is 11.1 Å². The van der Waals surface area contributed by atoms with Crippen LogP contribution in [-0.4, -0.2) is 33.2 Å². The van der Waals surface area contributed by atoms with E-state index in [-0.39, 0.29) is 35.8 Å². The minimum absolute atomic E-state index is 0.0331. The van der Waals surface area contributed by atoms with Crippen molar-refractivity contribution < 1.29 is 14.0 Å². The predicted octanol–water partition coefficient (Wildman–Crippen LogP) is 4.21. The first-order valence-electron chi connectivity index (χ1n) is 10.6. The van der Waals surface area contributed by atoms with Crippen LogP contribution in [0.2, 0.25) is 5.02 Å². The van der Waals surface area contributed by atoms with Crippen LogP contribution >= 0.6 is 11.6 Å². The summed E-state index contributed by atoms with van der Waals surface area (Å²) >= 11 is 5.94. The van der Waals surface area contributed by atoms with Gasteiger partial charge >= 0.3 is 6.03 Å². The van der Waals surface area contributed by atoms with Gasteiger partial charge in [0.2, 0.25) is 0 Å². The van der Waals surface area contributed by atoms with E-state index >= 15 is 0 Å². The third-order valence-corrected chi connectivity index (χ3v) is 6.00. The van der Waals surface area contributed by atoms with Crippen LogP contribution in [0.25, 0.3) is 11.3 Å². The molecule has 11 heteroatoms. The van der Waals surface area contributed by atoms with Crippen molar-refractivity contribution in [2.24, 2.45) is 5.73 Å². The maximum atomic E-state index is 13.7. The second-order valence-electron chi connectivity index (χ2n) is 7.96. The van der Waals surface area contributed by atoms with Gasteiger partial charge in [-0.15, -0.1) is 0 Å². The number of amides is 3. The molecule has 1 aromatic heterocycles. The number of fused-ring (bicyclic) bond motifs is 1. The normalized spacial score (nSPS) is 14.5. The molecule has 2 heterocycles. The molecule has 0 radical (unpaired) electrons. The monoisotopic (exact) mass is 491 g/mol. The molecule has 3 aromatic rings. The molecule has 9 nitrogen and oxygen atoms in total. The Morgan fingerprint density at radius 2 is 1.97 bits per heavy atom. The SMILES string of the molecule is N#CCCC1CN(C(=O)Nc2ccc(C#N)cc2)Cc2c(C(N)=O)c(-c3ccc(F)c(Cl)c3)nn21. The summed E-state index contributed by atoms with van der Waals surface area (Å²) in [6.07, 6.45) is 0.590. The highest BCUT2D eigenvalue weighted by Gasteiger charge is 2.34. The molecule has 3 amide bonds. The van der Waals surface area contributed by atoms with Gasteiger partial charge in [0.05, 0.1) is 46.6 Å². The number of aromatic nitrogens is 2. The van der Waals surface area contributed by atoms with Gasteiger partial charge in [0, 0.05) is 24.2 Å². The molecule has 0 bridgehead atoms. The van der Waals surface area contributed by atoms with E-state index in [0.29, 0.717) is 28.9 Å². The molecule has 1 aliphatic heterocycles. The molecule has 0 saturated heterocycles. The quantitative estimate of drug-likeness (QED) is 0.550. The van der Waals surface area contributed by atoms with Crippen LogP contribution in [-0.2, 0) is 6.54 Å². The molecule has 0 fully saturated rings. The second kappa shape index (κ2) is 9.84. The summed E-state index contributed by atoms with van der Waals surface area (Å²) in [6, 6.07) is 13.7. The van der Waals surface area contributed by atoms with Gasteiger partial charge in [0.1, 0.15) is 11.5 Å². The number of nitrogens with two attached hydrogens (primary N) is 1. The van der Waals surface area contributed by atoms with E-state index < -0.39 is 23.8 Å². The van der Waals surface area contributed by atoms with Crippen molar-refractivity contribution >= 4 is 29.2 Å². The third kappa shape index (κ3) is 4.79. The zero-order valence-electron chi connectivity index (χ0n) is 18.3. The van der Waals surface area contributed by atoms with Gasteiger partial charge in [0.25, 0.3) is 5.91 Å². The summed E-state index contributed by atoms with van der Waals surface area (Å²) < 4.78 is 15.3. The Hall–Kier alpha value is -4.41. The van der Waals surface area contributed by atoms with Gasteiger partial charge in [-0.3, -0.25) is 9.48 Å². The Balaban J connectivity index is 1.72. The smallest absolute Gasteiger partial charge is 0.322 e. The van der Waals surface area contributed by atoms with E-state index in [1.165, 1.54) is 23.1 Å². The minimum Gasteiger partial charge on any atom is -0.365 e. The van der Waals surface area contributed by atoms with E-state index in [2.05, 4.69) is 16.5 Å². The number of benzene rings is 2. The van der Waals surface area contributed by atoms with Gasteiger partial charge in [-0.25, -0.2) is 9.18 Å². The van der Waals surface area contributed by atoms with Crippen molar-refractivity contribution in [3.63, 3.8) is 0 Å². The topological polar surface area (TPSA) is 141 Å². The standard InChI is InChI=1S/C24H19ClFN7O2/c25-18-10-15(5-8-19(18)26)22-21(23(29)34)20-13-32(12-17(2-1-9-27)33(20)31-22)24(35)30-16-6-3-14(11-28)4-7-16/h3-8,10,17H,1-2,12-13H2,(H2,29,34)(H,30,35). The molecule has 0 saturated carbocycles. The Labute approximate surface area is 205 Å². The lowest BCUT2D eigenvalue weighted by Crippen LogP contribution is -2.44. The van der Waals surface area contributed by atoms with E-state index in [1.54, 1.807) is 28.9 Å². The lowest BCUT2D eigenvalue weighted by Gasteiger charge is -2.34. The molecule has 35 heavy (non-hydrogen) atoms. The Morgan fingerprint density at radius 1 is 1.23 bits per heavy atom. The van der Waals surface area contributed by atoms with E-state index in [1.807, 2.05) is 6.07 Å². The fraction of sp³-hybridized carbons (Fsp3) is 0.208. The molecule has 1 aliphatic rings. The number of hydrogen-bond acceptors (Lipinski definition) is 5. The predicted molar refractivity (Wildman–Crippen MR) is 126 cm³/mol. The maximum Gasteiger partial charge on any atom is 0.322 e. The van der Waals surface area contributed by atoms with Crippen LogP contribution in [0.5, 0.6) is 0 Å². The molecule has 0 spiro atoms. The summed E-state index contributed by atoms with van der Waals surface area (Å²) in [4.78, 5) is 27.1. The fourth-order valence-corrected chi connectivity index (χ4v) is 4.21. The van der Waals surface area contributed by atoms with Crippen LogP contribution in [0.15, 0.2) is 42.5 Å². The highest BCUT2D eigenvalue weighted by molar-refractivity contribution is 6.31. The second-order valence-corrected chi connectivity index (χ2v) is 8.37. The van der Waals surface area contributed by atoms with Crippen LogP contribution in [0, 0.1) is 28.5 Å². The molecular formula is C24H19ClFN7O2. The average molecular weight is 492 g/mol. The molecule has 1 unspecified atom stereocenters. The lowest BCUT2D eigenvalue weighted by molar-refractivity contribution is 0.0996. The van der Waals surface area contributed by atoms with Crippen molar-refractivity contribution in [2.75, 3.05) is 11.9 Å². The largest absolute Gasteiger partial charge is 0.365 e. The number of nitriles is 2. The van der Waals surface area contributed by atoms with Crippen molar-refractivity contribution in [1.29, 1.82) is 10.5 Å². The zero-order chi connectivity index (χ0) is 25.1. The fourth-order valence-electron chi connectivity index (χ4n) is 4.03. The van der Waals surface area contributed by atoms with E-state index in [4.69, 9.17) is 27.9 Å². The number of carbonyl (C=O) groups is 2. The van der Waals surface area contributed by atoms with Crippen molar-refractivity contribution in [2.45, 2.75) is 25.4 Å². The Bertz CT molecular complexity index is 1390. The average Bonchev–Trinajstić information content (AvgIpc) is 3.24. The van der Waals surface area contributed by atoms with Crippen molar-refractivity contribution in [3.8, 4) is 23.4 Å². The summed E-state index contributed by atoms with van der Waals surface area (Å²) in [5.74, 6) is -1.37. The summed E-state index contributed by atoms with van der Waals surface area (Å²) in [5, 5.41) is 25.3. The maximum absolute atomic E-state index is 13.7. The third-order valence-electron chi connectivity index (χ3n) is 5.71. The van der Waals surface area contributed by atoms with E-state index in [9.17, 15) is 14.0 Å². The number of urea groups is 1. The molecule has 0 aliphatic carbocycles. The molecular weight excluding hydrogens is 473 g/mol. The first-order chi connectivity index (χ1) is 16.8. The molecule has 2 aromatic carbocycles.